The monoisotopic (exact) mass is 310 g/mol. The average molecular weight is 310 g/mol. The van der Waals surface area contributed by atoms with E-state index in [2.05, 4.69) is 51.5 Å². The standard InChI is InChI=1S/C9H11IS2/c10-12-7-6-11-8-9-4-2-1-3-5-9/h1-5H,6-8H2. The number of benzene rings is 1. The van der Waals surface area contributed by atoms with Gasteiger partial charge < -0.3 is 0 Å². The van der Waals surface area contributed by atoms with Gasteiger partial charge >= 0.3 is 0 Å². The van der Waals surface area contributed by atoms with E-state index in [0.717, 1.165) is 5.75 Å². The van der Waals surface area contributed by atoms with Crippen molar-refractivity contribution in [3.63, 3.8) is 0 Å². The van der Waals surface area contributed by atoms with E-state index < -0.39 is 0 Å². The molecular formula is C9H11IS2. The van der Waals surface area contributed by atoms with Crippen LogP contribution in [0.1, 0.15) is 5.56 Å². The topological polar surface area (TPSA) is 0 Å². The second-order valence-corrected chi connectivity index (χ2v) is 5.95. The van der Waals surface area contributed by atoms with Crippen molar-refractivity contribution in [2.24, 2.45) is 0 Å². The molecule has 0 aliphatic carbocycles. The van der Waals surface area contributed by atoms with Gasteiger partial charge in [-0.3, -0.25) is 0 Å². The van der Waals surface area contributed by atoms with E-state index in [0.29, 0.717) is 0 Å². The van der Waals surface area contributed by atoms with E-state index in [1.807, 2.05) is 20.7 Å². The van der Waals surface area contributed by atoms with E-state index in [9.17, 15) is 0 Å². The van der Waals surface area contributed by atoms with Crippen molar-refractivity contribution in [1.82, 2.24) is 0 Å². The van der Waals surface area contributed by atoms with E-state index in [-0.39, 0.29) is 0 Å². The molecule has 0 spiro atoms. The van der Waals surface area contributed by atoms with Crippen LogP contribution >= 0.6 is 41.9 Å². The van der Waals surface area contributed by atoms with Gasteiger partial charge in [-0.2, -0.15) is 11.8 Å². The minimum Gasteiger partial charge on any atom is -0.156 e. The normalized spacial score (nSPS) is 10.1. The van der Waals surface area contributed by atoms with E-state index >= 15 is 0 Å². The Morgan fingerprint density at radius 3 is 2.50 bits per heavy atom. The minimum absolute atomic E-state index is 1.15. The molecule has 12 heavy (non-hydrogen) atoms. The predicted molar refractivity (Wildman–Crippen MR) is 69.1 cm³/mol. The van der Waals surface area contributed by atoms with Crippen molar-refractivity contribution < 1.29 is 0 Å². The van der Waals surface area contributed by atoms with E-state index in [1.165, 1.54) is 17.1 Å². The van der Waals surface area contributed by atoms with Crippen molar-refractivity contribution in [2.75, 3.05) is 11.5 Å². The third-order valence-electron chi connectivity index (χ3n) is 1.42. The maximum atomic E-state index is 2.35. The summed E-state index contributed by atoms with van der Waals surface area (Å²) in [5.41, 5.74) is 1.43. The number of halogens is 1. The molecule has 0 atom stereocenters. The van der Waals surface area contributed by atoms with Gasteiger partial charge in [0.2, 0.25) is 0 Å². The second kappa shape index (κ2) is 7.09. The van der Waals surface area contributed by atoms with Crippen LogP contribution in [0.5, 0.6) is 0 Å². The van der Waals surface area contributed by atoms with Crippen LogP contribution in [0.3, 0.4) is 0 Å². The lowest BCUT2D eigenvalue weighted by molar-refractivity contribution is 1.40. The highest BCUT2D eigenvalue weighted by Gasteiger charge is 1.91. The summed E-state index contributed by atoms with van der Waals surface area (Å²) >= 11 is 4.35. The maximum absolute atomic E-state index is 2.35. The fourth-order valence-corrected chi connectivity index (χ4v) is 3.77. The molecule has 0 unspecified atom stereocenters. The number of thioether (sulfide) groups is 1. The number of rotatable bonds is 5. The fourth-order valence-electron chi connectivity index (χ4n) is 0.855. The highest BCUT2D eigenvalue weighted by Crippen LogP contribution is 2.16. The zero-order chi connectivity index (χ0) is 8.65. The van der Waals surface area contributed by atoms with Crippen LogP contribution in [0.4, 0.5) is 0 Å². The first-order chi connectivity index (χ1) is 5.93. The maximum Gasteiger partial charge on any atom is 0.0184 e. The second-order valence-electron chi connectivity index (χ2n) is 2.35. The molecule has 0 aliphatic rings. The van der Waals surface area contributed by atoms with Crippen molar-refractivity contribution in [3.8, 4) is 0 Å². The molecule has 0 bridgehead atoms. The van der Waals surface area contributed by atoms with Gasteiger partial charge in [-0.25, -0.2) is 0 Å². The van der Waals surface area contributed by atoms with Crippen molar-refractivity contribution >= 4 is 41.9 Å². The Morgan fingerprint density at radius 1 is 1.08 bits per heavy atom. The van der Waals surface area contributed by atoms with Gasteiger partial charge in [0, 0.05) is 17.3 Å². The molecule has 0 saturated carbocycles. The van der Waals surface area contributed by atoms with Crippen LogP contribution < -0.4 is 0 Å². The molecule has 0 nitrogen and oxygen atoms in total. The summed E-state index contributed by atoms with van der Waals surface area (Å²) in [6.45, 7) is 0. The van der Waals surface area contributed by atoms with E-state index in [4.69, 9.17) is 0 Å². The SMILES string of the molecule is ISCCSCc1ccccc1. The molecule has 0 amide bonds. The van der Waals surface area contributed by atoms with Gasteiger partial charge in [0.05, 0.1) is 0 Å². The van der Waals surface area contributed by atoms with Gasteiger partial charge in [-0.05, 0) is 26.8 Å². The lowest BCUT2D eigenvalue weighted by atomic mass is 10.2. The molecule has 0 aliphatic heterocycles. The molecule has 0 saturated heterocycles. The minimum atomic E-state index is 1.15. The van der Waals surface area contributed by atoms with Crippen LogP contribution in [0.15, 0.2) is 30.3 Å². The molecule has 3 heteroatoms. The zero-order valence-electron chi connectivity index (χ0n) is 6.70. The summed E-state index contributed by atoms with van der Waals surface area (Å²) in [6.07, 6.45) is 0. The molecule has 0 N–H and O–H groups in total. The Balaban J connectivity index is 2.16. The Labute approximate surface area is 94.5 Å². The first kappa shape index (κ1) is 10.7. The van der Waals surface area contributed by atoms with Crippen LogP contribution in [0.25, 0.3) is 0 Å². The summed E-state index contributed by atoms with van der Waals surface area (Å²) in [4.78, 5) is 0. The van der Waals surface area contributed by atoms with Crippen molar-refractivity contribution in [1.29, 1.82) is 0 Å². The summed E-state index contributed by atoms with van der Waals surface area (Å²) in [7, 11) is 1.89. The largest absolute Gasteiger partial charge is 0.156 e. The highest BCUT2D eigenvalue weighted by molar-refractivity contribution is 14.2. The molecule has 1 aromatic carbocycles. The van der Waals surface area contributed by atoms with Gasteiger partial charge in [0.25, 0.3) is 0 Å². The third kappa shape index (κ3) is 4.62. The van der Waals surface area contributed by atoms with Crippen LogP contribution in [-0.2, 0) is 5.75 Å². The van der Waals surface area contributed by atoms with Crippen LogP contribution in [0.2, 0.25) is 0 Å². The summed E-state index contributed by atoms with van der Waals surface area (Å²) in [6, 6.07) is 10.6. The average Bonchev–Trinajstić information content (AvgIpc) is 2.14. The molecule has 0 heterocycles. The Bertz CT molecular complexity index is 201. The summed E-state index contributed by atoms with van der Waals surface area (Å²) < 4.78 is 0. The molecule has 0 fully saturated rings. The lowest BCUT2D eigenvalue weighted by Gasteiger charge is -1.99. The van der Waals surface area contributed by atoms with E-state index in [1.54, 1.807) is 0 Å². The fraction of sp³-hybridized carbons (Fsp3) is 0.333. The van der Waals surface area contributed by atoms with Crippen LogP contribution in [0, 0.1) is 0 Å². The quantitative estimate of drug-likeness (QED) is 0.595. The molecule has 66 valence electrons. The predicted octanol–water partition coefficient (Wildman–Crippen LogP) is 4.00. The highest BCUT2D eigenvalue weighted by atomic mass is 127. The molecule has 0 aromatic heterocycles. The Kier molecular flexibility index (Phi) is 6.34. The first-order valence-corrected chi connectivity index (χ1v) is 8.47. The third-order valence-corrected chi connectivity index (χ3v) is 4.38. The van der Waals surface area contributed by atoms with Gasteiger partial charge in [-0.15, -0.1) is 0 Å². The molecule has 0 radical (unpaired) electrons. The Morgan fingerprint density at radius 2 is 1.83 bits per heavy atom. The summed E-state index contributed by atoms with van der Waals surface area (Å²) in [5.74, 6) is 3.65. The Hall–Kier alpha value is 0.650. The summed E-state index contributed by atoms with van der Waals surface area (Å²) in [5, 5.41) is 0. The smallest absolute Gasteiger partial charge is 0.0184 e. The number of hydrogen-bond donors (Lipinski definition) is 0. The first-order valence-electron chi connectivity index (χ1n) is 3.78. The van der Waals surface area contributed by atoms with Crippen LogP contribution in [-0.4, -0.2) is 11.5 Å². The van der Waals surface area contributed by atoms with Gasteiger partial charge in [-0.1, -0.05) is 39.3 Å². The van der Waals surface area contributed by atoms with Gasteiger partial charge in [0.15, 0.2) is 0 Å². The van der Waals surface area contributed by atoms with Gasteiger partial charge in [0.1, 0.15) is 0 Å². The zero-order valence-corrected chi connectivity index (χ0v) is 10.5. The lowest BCUT2D eigenvalue weighted by Crippen LogP contribution is -1.83. The number of hydrogen-bond acceptors (Lipinski definition) is 2. The van der Waals surface area contributed by atoms with Crippen molar-refractivity contribution in [3.05, 3.63) is 35.9 Å². The molecular weight excluding hydrogens is 299 g/mol. The van der Waals surface area contributed by atoms with Crippen molar-refractivity contribution in [2.45, 2.75) is 5.75 Å². The molecule has 1 rings (SSSR count). The molecule has 1 aromatic rings.